The van der Waals surface area contributed by atoms with Crippen molar-refractivity contribution in [3.8, 4) is 17.0 Å². The summed E-state index contributed by atoms with van der Waals surface area (Å²) < 4.78 is 10.8. The van der Waals surface area contributed by atoms with Gasteiger partial charge in [0.25, 0.3) is 0 Å². The van der Waals surface area contributed by atoms with Crippen LogP contribution >= 0.6 is 0 Å². The minimum Gasteiger partial charge on any atom is -0.497 e. The largest absolute Gasteiger partial charge is 0.497 e. The number of nitrogens with one attached hydrogen (secondary N) is 1. The summed E-state index contributed by atoms with van der Waals surface area (Å²) in [5, 5.41) is 3.25. The molecule has 0 aliphatic carbocycles. The Hall–Kier alpha value is -3.52. The third-order valence-corrected chi connectivity index (χ3v) is 4.81. The Kier molecular flexibility index (Phi) is 5.85. The molecule has 0 saturated carbocycles. The minimum atomic E-state index is -0.132. The molecular weight excluding hydrogens is 382 g/mol. The van der Waals surface area contributed by atoms with Gasteiger partial charge in [0.1, 0.15) is 11.6 Å². The summed E-state index contributed by atoms with van der Waals surface area (Å²) in [4.78, 5) is 28.4. The fourth-order valence-electron chi connectivity index (χ4n) is 3.33. The third kappa shape index (κ3) is 4.23. The Morgan fingerprint density at radius 1 is 1.17 bits per heavy atom. The summed E-state index contributed by atoms with van der Waals surface area (Å²) in [7, 11) is 1.61. The van der Waals surface area contributed by atoms with Crippen molar-refractivity contribution >= 4 is 23.2 Å². The van der Waals surface area contributed by atoms with E-state index in [0.717, 1.165) is 11.3 Å². The first-order valence-corrected chi connectivity index (χ1v) is 9.73. The van der Waals surface area contributed by atoms with Crippen LogP contribution in [0.25, 0.3) is 11.3 Å². The van der Waals surface area contributed by atoms with Crippen molar-refractivity contribution in [3.05, 3.63) is 54.4 Å². The second-order valence-electron chi connectivity index (χ2n) is 6.85. The van der Waals surface area contributed by atoms with Crippen LogP contribution in [0.5, 0.6) is 5.75 Å². The lowest BCUT2D eigenvalue weighted by Gasteiger charge is -2.28. The second kappa shape index (κ2) is 8.87. The molecule has 1 saturated heterocycles. The average Bonchev–Trinajstić information content (AvgIpc) is 2.79. The van der Waals surface area contributed by atoms with E-state index in [4.69, 9.17) is 19.4 Å². The number of Topliss-reactive ketones (excluding diaryl/α,β-unsaturated/α-hetero) is 1. The lowest BCUT2D eigenvalue weighted by Crippen LogP contribution is -2.37. The van der Waals surface area contributed by atoms with E-state index in [1.807, 2.05) is 36.4 Å². The maximum Gasteiger partial charge on any atom is 0.228 e. The van der Waals surface area contributed by atoms with Gasteiger partial charge < -0.3 is 19.7 Å². The summed E-state index contributed by atoms with van der Waals surface area (Å²) in [6.07, 6.45) is 3.38. The number of ether oxygens (including phenoxy) is 2. The molecule has 1 aromatic carbocycles. The van der Waals surface area contributed by atoms with Gasteiger partial charge in [0.2, 0.25) is 5.95 Å². The number of nitrogens with zero attached hydrogens (tertiary/aromatic N) is 4. The first kappa shape index (κ1) is 19.8. The highest BCUT2D eigenvalue weighted by Gasteiger charge is 2.23. The number of ketones is 1. The molecular formula is C22H23N5O3. The molecule has 1 aliphatic heterocycles. The predicted octanol–water partition coefficient (Wildman–Crippen LogP) is 3.33. The van der Waals surface area contributed by atoms with Gasteiger partial charge in [-0.1, -0.05) is 12.1 Å². The van der Waals surface area contributed by atoms with Crippen LogP contribution in [-0.4, -0.2) is 54.1 Å². The van der Waals surface area contributed by atoms with E-state index >= 15 is 0 Å². The van der Waals surface area contributed by atoms with E-state index in [1.165, 1.54) is 6.92 Å². The van der Waals surface area contributed by atoms with Crippen LogP contribution in [0.2, 0.25) is 0 Å². The zero-order valence-electron chi connectivity index (χ0n) is 17.0. The van der Waals surface area contributed by atoms with E-state index in [0.29, 0.717) is 55.1 Å². The average molecular weight is 405 g/mol. The Labute approximate surface area is 174 Å². The molecule has 3 aromatic rings. The van der Waals surface area contributed by atoms with Crippen molar-refractivity contribution < 1.29 is 14.3 Å². The quantitative estimate of drug-likeness (QED) is 0.625. The van der Waals surface area contributed by atoms with Crippen LogP contribution in [0.15, 0.2) is 48.8 Å². The van der Waals surface area contributed by atoms with E-state index < -0.39 is 0 Å². The number of benzene rings is 1. The lowest BCUT2D eigenvalue weighted by atomic mass is 10.0. The van der Waals surface area contributed by atoms with Crippen LogP contribution in [0, 0.1) is 0 Å². The Morgan fingerprint density at radius 2 is 2.00 bits per heavy atom. The van der Waals surface area contributed by atoms with Gasteiger partial charge in [0.15, 0.2) is 5.78 Å². The molecule has 1 N–H and O–H groups in total. The van der Waals surface area contributed by atoms with Crippen LogP contribution < -0.4 is 15.0 Å². The third-order valence-electron chi connectivity index (χ3n) is 4.81. The molecule has 4 rings (SSSR count). The van der Waals surface area contributed by atoms with E-state index in [9.17, 15) is 4.79 Å². The summed E-state index contributed by atoms with van der Waals surface area (Å²) in [6.45, 7) is 4.10. The molecule has 0 radical (unpaired) electrons. The zero-order chi connectivity index (χ0) is 20.9. The number of methoxy groups -OCH3 is 1. The van der Waals surface area contributed by atoms with Crippen LogP contribution in [0.1, 0.15) is 17.3 Å². The van der Waals surface area contributed by atoms with E-state index in [-0.39, 0.29) is 5.78 Å². The lowest BCUT2D eigenvalue weighted by molar-refractivity contribution is 0.101. The molecule has 154 valence electrons. The Balaban J connectivity index is 1.89. The molecule has 1 fully saturated rings. The maximum absolute atomic E-state index is 12.7. The van der Waals surface area contributed by atoms with Gasteiger partial charge in [0.05, 0.1) is 43.5 Å². The second-order valence-corrected chi connectivity index (χ2v) is 6.85. The maximum atomic E-state index is 12.7. The number of rotatable bonds is 6. The summed E-state index contributed by atoms with van der Waals surface area (Å²) >= 11 is 0. The molecule has 30 heavy (non-hydrogen) atoms. The van der Waals surface area contributed by atoms with Gasteiger partial charge in [-0.3, -0.25) is 9.78 Å². The van der Waals surface area contributed by atoms with Gasteiger partial charge in [0, 0.05) is 24.8 Å². The number of morpholine rings is 1. The molecule has 0 bridgehead atoms. The van der Waals surface area contributed by atoms with E-state index in [1.54, 1.807) is 19.5 Å². The molecule has 0 unspecified atom stereocenters. The number of aromatic nitrogens is 3. The first-order valence-electron chi connectivity index (χ1n) is 9.73. The smallest absolute Gasteiger partial charge is 0.228 e. The van der Waals surface area contributed by atoms with Crippen molar-refractivity contribution in [3.63, 3.8) is 0 Å². The SMILES string of the molecule is COc1cccc(-c2nc(N3CCOCC3)nc(Nc3cccnc3)c2C(C)=O)c1. The zero-order valence-corrected chi connectivity index (χ0v) is 17.0. The van der Waals surface area contributed by atoms with E-state index in [2.05, 4.69) is 15.2 Å². The predicted molar refractivity (Wildman–Crippen MR) is 115 cm³/mol. The van der Waals surface area contributed by atoms with Crippen molar-refractivity contribution in [1.29, 1.82) is 0 Å². The monoisotopic (exact) mass is 405 g/mol. The van der Waals surface area contributed by atoms with Crippen LogP contribution in [0.4, 0.5) is 17.5 Å². The normalized spacial score (nSPS) is 13.7. The van der Waals surface area contributed by atoms with Crippen molar-refractivity contribution in [2.75, 3.05) is 43.6 Å². The van der Waals surface area contributed by atoms with Crippen LogP contribution in [-0.2, 0) is 4.74 Å². The van der Waals surface area contributed by atoms with Gasteiger partial charge in [-0.05, 0) is 31.2 Å². The molecule has 8 heteroatoms. The Bertz CT molecular complexity index is 1040. The number of carbonyl (C=O) groups is 1. The first-order chi connectivity index (χ1) is 14.7. The van der Waals surface area contributed by atoms with Crippen molar-refractivity contribution in [2.45, 2.75) is 6.92 Å². The fraction of sp³-hybridized carbons (Fsp3) is 0.273. The number of hydrogen-bond acceptors (Lipinski definition) is 8. The molecule has 0 atom stereocenters. The highest BCUT2D eigenvalue weighted by molar-refractivity contribution is 6.05. The van der Waals surface area contributed by atoms with Gasteiger partial charge >= 0.3 is 0 Å². The van der Waals surface area contributed by atoms with Gasteiger partial charge in [-0.2, -0.15) is 4.98 Å². The number of carbonyl (C=O) groups excluding carboxylic acids is 1. The standard InChI is InChI=1S/C22H23N5O3/c1-15(28)19-20(16-5-3-7-18(13-16)29-2)25-22(27-9-11-30-12-10-27)26-21(19)24-17-6-4-8-23-14-17/h3-8,13-14H,9-12H2,1-2H3,(H,24,25,26). The summed E-state index contributed by atoms with van der Waals surface area (Å²) in [5.74, 6) is 1.56. The van der Waals surface area contributed by atoms with Gasteiger partial charge in [-0.15, -0.1) is 0 Å². The molecule has 2 aromatic heterocycles. The molecule has 0 amide bonds. The highest BCUT2D eigenvalue weighted by Crippen LogP contribution is 2.32. The van der Waals surface area contributed by atoms with Gasteiger partial charge in [-0.25, -0.2) is 4.98 Å². The van der Waals surface area contributed by atoms with Crippen LogP contribution in [0.3, 0.4) is 0 Å². The minimum absolute atomic E-state index is 0.132. The Morgan fingerprint density at radius 3 is 2.70 bits per heavy atom. The number of anilines is 3. The summed E-state index contributed by atoms with van der Waals surface area (Å²) in [6, 6.07) is 11.2. The van der Waals surface area contributed by atoms with Crippen molar-refractivity contribution in [1.82, 2.24) is 15.0 Å². The van der Waals surface area contributed by atoms with Crippen molar-refractivity contribution in [2.24, 2.45) is 0 Å². The number of pyridine rings is 1. The highest BCUT2D eigenvalue weighted by atomic mass is 16.5. The topological polar surface area (TPSA) is 89.5 Å². The number of hydrogen-bond donors (Lipinski definition) is 1. The summed E-state index contributed by atoms with van der Waals surface area (Å²) in [5.41, 5.74) is 2.50. The molecule has 1 aliphatic rings. The molecule has 3 heterocycles. The fourth-order valence-corrected chi connectivity index (χ4v) is 3.33. The molecule has 0 spiro atoms. The molecule has 8 nitrogen and oxygen atoms in total.